The van der Waals surface area contributed by atoms with Crippen molar-refractivity contribution in [1.82, 2.24) is 0 Å². The highest BCUT2D eigenvalue weighted by Crippen LogP contribution is 2.45. The normalized spacial score (nSPS) is 13.5. The van der Waals surface area contributed by atoms with Crippen LogP contribution in [-0.2, 0) is 11.2 Å². The zero-order chi connectivity index (χ0) is 26.1. The molecule has 0 atom stereocenters. The first-order valence-electron chi connectivity index (χ1n) is 12.5. The molecule has 0 aliphatic carbocycles. The molecule has 3 rings (SSSR count). The van der Waals surface area contributed by atoms with Crippen molar-refractivity contribution in [3.05, 3.63) is 54.1 Å². The van der Waals surface area contributed by atoms with Crippen molar-refractivity contribution in [3.8, 4) is 18.6 Å². The second-order valence-corrected chi connectivity index (χ2v) is 10.2. The molecule has 2 aromatic carbocycles. The highest BCUT2D eigenvalue weighted by molar-refractivity contribution is 7.99. The number of thioether (sulfide) groups is 1. The fourth-order valence-electron chi connectivity index (χ4n) is 4.17. The van der Waals surface area contributed by atoms with Crippen LogP contribution in [0.5, 0.6) is 5.75 Å². The highest BCUT2D eigenvalue weighted by atomic mass is 32.2. The number of aryl methyl sites for hydroxylation is 1. The summed E-state index contributed by atoms with van der Waals surface area (Å²) in [6, 6.07) is 15.9. The van der Waals surface area contributed by atoms with Gasteiger partial charge in [-0.3, -0.25) is 0 Å². The van der Waals surface area contributed by atoms with Gasteiger partial charge in [0.25, 0.3) is 0 Å². The lowest BCUT2D eigenvalue weighted by Gasteiger charge is -2.32. The van der Waals surface area contributed by atoms with Crippen LogP contribution in [0.25, 0.3) is 0 Å². The monoisotopic (exact) mass is 497 g/mol. The second-order valence-electron chi connectivity index (χ2n) is 9.18. The Morgan fingerprint density at radius 2 is 1.69 bits per heavy atom. The lowest BCUT2D eigenvalue weighted by molar-refractivity contribution is -0.139. The van der Waals surface area contributed by atoms with E-state index in [1.165, 1.54) is 67.7 Å². The summed E-state index contributed by atoms with van der Waals surface area (Å²) in [6.07, 6.45) is 18.9. The average Bonchev–Trinajstić information content (AvgIpc) is 3.07. The van der Waals surface area contributed by atoms with E-state index >= 15 is 0 Å². The van der Waals surface area contributed by atoms with Crippen molar-refractivity contribution in [2.24, 2.45) is 5.41 Å². The van der Waals surface area contributed by atoms with Crippen molar-refractivity contribution in [3.63, 3.8) is 0 Å². The maximum absolute atomic E-state index is 10.0. The number of ether oxygens (including phenoxy) is 1. The van der Waals surface area contributed by atoms with Crippen LogP contribution in [0.2, 0.25) is 0 Å². The quantitative estimate of drug-likeness (QED) is 0.343. The van der Waals surface area contributed by atoms with Gasteiger partial charge in [0.2, 0.25) is 0 Å². The number of para-hydroxylation sites is 1. The number of carboxylic acids is 1. The number of rotatable bonds is 10. The number of carboxylic acid groups (broad SMARTS) is 1. The van der Waals surface area contributed by atoms with Crippen molar-refractivity contribution in [2.45, 2.75) is 70.1 Å². The zero-order valence-electron chi connectivity index (χ0n) is 22.0. The van der Waals surface area contributed by atoms with Gasteiger partial charge in [-0.05, 0) is 67.0 Å². The van der Waals surface area contributed by atoms with Crippen LogP contribution >= 0.6 is 11.8 Å². The van der Waals surface area contributed by atoms with Gasteiger partial charge >= 0.3 is 5.97 Å². The van der Waals surface area contributed by atoms with Crippen LogP contribution in [0.1, 0.15) is 64.4 Å². The maximum atomic E-state index is 10.0. The van der Waals surface area contributed by atoms with Crippen LogP contribution in [0, 0.1) is 18.3 Å². The minimum Gasteiger partial charge on any atom is -0.482 e. The number of terminal acetylenes is 1. The third-order valence-electron chi connectivity index (χ3n) is 6.25. The Morgan fingerprint density at radius 1 is 1.06 bits per heavy atom. The maximum Gasteiger partial charge on any atom is 0.341 e. The minimum absolute atomic E-state index is 0.288. The molecule has 192 valence electrons. The third kappa shape index (κ3) is 11.1. The molecular formula is C30H43NO3S. The molecule has 0 bridgehead atoms. The highest BCUT2D eigenvalue weighted by Gasteiger charge is 2.31. The van der Waals surface area contributed by atoms with Gasteiger partial charge < -0.3 is 14.7 Å². The van der Waals surface area contributed by atoms with E-state index in [4.69, 9.17) is 9.84 Å². The van der Waals surface area contributed by atoms with E-state index in [1.807, 2.05) is 6.07 Å². The average molecular weight is 498 g/mol. The Balaban J connectivity index is 0.000000395. The Labute approximate surface area is 217 Å². The topological polar surface area (TPSA) is 49.8 Å². The molecule has 0 saturated carbocycles. The number of aliphatic carboxylic acids is 1. The van der Waals surface area contributed by atoms with Gasteiger partial charge in [0, 0.05) is 30.4 Å². The van der Waals surface area contributed by atoms with Crippen molar-refractivity contribution < 1.29 is 14.6 Å². The van der Waals surface area contributed by atoms with E-state index in [1.54, 1.807) is 29.8 Å². The number of nitrogens with zero attached hydrogens (tertiary/aromatic N) is 1. The first kappa shape index (κ1) is 30.5. The standard InChI is InChI=1S/C20H33NS.C8H8O3.C2H2/c1-5-7-12-20(13-8-6-2)14-11-17-15-18(21(3)4)9-10-19(17)22-16-20;9-8(10)6-11-7-4-2-1-3-5-7;1-2/h9-10,15H,5-8,11-14,16H2,1-4H3;1-5H,6H2,(H,9,10);1-2H. The lowest BCUT2D eigenvalue weighted by atomic mass is 9.75. The van der Waals surface area contributed by atoms with E-state index in [0.29, 0.717) is 11.2 Å². The molecule has 0 aromatic heterocycles. The molecule has 5 heteroatoms. The van der Waals surface area contributed by atoms with Crippen molar-refractivity contribution in [2.75, 3.05) is 31.4 Å². The number of benzene rings is 2. The van der Waals surface area contributed by atoms with Gasteiger partial charge in [-0.15, -0.1) is 24.6 Å². The summed E-state index contributed by atoms with van der Waals surface area (Å²) in [6.45, 7) is 4.37. The molecule has 0 saturated heterocycles. The summed E-state index contributed by atoms with van der Waals surface area (Å²) in [5.74, 6) is 0.935. The third-order valence-corrected chi connectivity index (χ3v) is 7.71. The van der Waals surface area contributed by atoms with Crippen LogP contribution in [0.15, 0.2) is 53.4 Å². The summed E-state index contributed by atoms with van der Waals surface area (Å²) in [5.41, 5.74) is 3.49. The fourth-order valence-corrected chi connectivity index (χ4v) is 5.57. The Morgan fingerprint density at radius 3 is 2.23 bits per heavy atom. The van der Waals surface area contributed by atoms with Crippen LogP contribution < -0.4 is 9.64 Å². The predicted octanol–water partition coefficient (Wildman–Crippen LogP) is 7.56. The molecule has 1 aliphatic heterocycles. The predicted molar refractivity (Wildman–Crippen MR) is 151 cm³/mol. The van der Waals surface area contributed by atoms with E-state index < -0.39 is 5.97 Å². The summed E-state index contributed by atoms with van der Waals surface area (Å²) < 4.78 is 4.87. The molecule has 0 radical (unpaired) electrons. The first-order valence-corrected chi connectivity index (χ1v) is 13.5. The molecule has 4 nitrogen and oxygen atoms in total. The second kappa shape index (κ2) is 16.9. The first-order chi connectivity index (χ1) is 16.9. The molecule has 0 fully saturated rings. The molecule has 35 heavy (non-hydrogen) atoms. The van der Waals surface area contributed by atoms with Crippen LogP contribution in [0.3, 0.4) is 0 Å². The molecular weight excluding hydrogens is 454 g/mol. The molecule has 1 heterocycles. The summed E-state index contributed by atoms with van der Waals surface area (Å²) in [4.78, 5) is 13.8. The Kier molecular flexibility index (Phi) is 14.7. The van der Waals surface area contributed by atoms with Gasteiger partial charge in [0.05, 0.1) is 0 Å². The number of carbonyl (C=O) groups is 1. The van der Waals surface area contributed by atoms with Gasteiger partial charge in [-0.2, -0.15) is 0 Å². The van der Waals surface area contributed by atoms with Gasteiger partial charge in [-0.25, -0.2) is 4.79 Å². The number of fused-ring (bicyclic) bond motifs is 1. The Hall–Kier alpha value is -2.58. The fraction of sp³-hybridized carbons (Fsp3) is 0.500. The molecule has 1 N–H and O–H groups in total. The molecule has 2 aromatic rings. The summed E-state index contributed by atoms with van der Waals surface area (Å²) >= 11 is 2.12. The van der Waals surface area contributed by atoms with Gasteiger partial charge in [0.15, 0.2) is 6.61 Å². The van der Waals surface area contributed by atoms with E-state index in [2.05, 4.69) is 75.7 Å². The Bertz CT molecular complexity index is 872. The van der Waals surface area contributed by atoms with E-state index in [0.717, 1.165) is 0 Å². The van der Waals surface area contributed by atoms with E-state index in [9.17, 15) is 4.79 Å². The largest absolute Gasteiger partial charge is 0.482 e. The summed E-state index contributed by atoms with van der Waals surface area (Å²) in [7, 11) is 4.27. The van der Waals surface area contributed by atoms with Crippen molar-refractivity contribution >= 4 is 23.4 Å². The zero-order valence-corrected chi connectivity index (χ0v) is 22.8. The van der Waals surface area contributed by atoms with E-state index in [-0.39, 0.29) is 6.61 Å². The van der Waals surface area contributed by atoms with Crippen LogP contribution in [0.4, 0.5) is 5.69 Å². The number of hydrogen-bond donors (Lipinski definition) is 1. The van der Waals surface area contributed by atoms with Gasteiger partial charge in [0.1, 0.15) is 5.75 Å². The smallest absolute Gasteiger partial charge is 0.341 e. The molecule has 0 spiro atoms. The minimum atomic E-state index is -0.964. The van der Waals surface area contributed by atoms with Crippen LogP contribution in [-0.4, -0.2) is 37.5 Å². The molecule has 1 aliphatic rings. The SMILES string of the molecule is C#C.CCCCC1(CCCC)CCc2cc(N(C)C)ccc2SC1.O=C(O)COc1ccccc1. The number of hydrogen-bond acceptors (Lipinski definition) is 4. The molecule has 0 amide bonds. The number of unbranched alkanes of at least 4 members (excludes halogenated alkanes) is 2. The number of anilines is 1. The molecule has 0 unspecified atom stereocenters. The van der Waals surface area contributed by atoms with Crippen molar-refractivity contribution in [1.29, 1.82) is 0 Å². The lowest BCUT2D eigenvalue weighted by Crippen LogP contribution is -2.24. The van der Waals surface area contributed by atoms with Gasteiger partial charge in [-0.1, -0.05) is 57.7 Å². The summed E-state index contributed by atoms with van der Waals surface area (Å²) in [5, 5.41) is 8.25.